The van der Waals surface area contributed by atoms with Crippen LogP contribution in [-0.4, -0.2) is 98.6 Å². The summed E-state index contributed by atoms with van der Waals surface area (Å²) in [6, 6.07) is -0.100. The summed E-state index contributed by atoms with van der Waals surface area (Å²) >= 11 is 0. The van der Waals surface area contributed by atoms with Crippen LogP contribution in [0.4, 0.5) is 5.69 Å². The van der Waals surface area contributed by atoms with E-state index in [1.807, 2.05) is 18.2 Å². The summed E-state index contributed by atoms with van der Waals surface area (Å²) in [6.45, 7) is 16.8. The van der Waals surface area contributed by atoms with Gasteiger partial charge in [-0.1, -0.05) is 58.9 Å². The third-order valence-corrected chi connectivity index (χ3v) is 13.5. The average Bonchev–Trinajstić information content (AvgIpc) is 3.53. The van der Waals surface area contributed by atoms with Crippen LogP contribution in [0.25, 0.3) is 39.8 Å². The Labute approximate surface area is 372 Å². The molecule has 3 aromatic rings. The Balaban J connectivity index is 1.46. The number of rotatable bonds is 3. The van der Waals surface area contributed by atoms with Crippen molar-refractivity contribution in [3.05, 3.63) is 74.3 Å². The molecule has 2 unspecified atom stereocenters. The molecule has 0 radical (unpaired) electrons. The summed E-state index contributed by atoms with van der Waals surface area (Å²) in [5.74, 6) is -6.04. The molecule has 3 aliphatic heterocycles. The Bertz CT molecular complexity index is 2670. The zero-order valence-electron chi connectivity index (χ0n) is 38.2. The highest BCUT2D eigenvalue weighted by atomic mass is 16.7. The van der Waals surface area contributed by atoms with Gasteiger partial charge in [0, 0.05) is 67.7 Å². The lowest BCUT2D eigenvalue weighted by atomic mass is 9.78. The van der Waals surface area contributed by atoms with Gasteiger partial charge in [0.25, 0.3) is 5.91 Å². The molecular formula is C49H61N3O12. The Morgan fingerprint density at radius 3 is 2.42 bits per heavy atom. The predicted molar refractivity (Wildman–Crippen MR) is 243 cm³/mol. The normalized spacial score (nSPS) is 33.4. The molecule has 0 saturated carbocycles. The van der Waals surface area contributed by atoms with Crippen molar-refractivity contribution >= 4 is 57.3 Å². The molecule has 4 heterocycles. The van der Waals surface area contributed by atoms with E-state index >= 15 is 0 Å². The SMILES string of the molecule is CO[C@H]1/C=C/O[C@@]2(C)Oc3c(C)c(=O)c4c(O)c(c5oc6c(nc5c4c3=C2O)C=CC(N2CCCC(C)C2)C=6)NC(=O)/C(C)=C\C=C\[C@H](C)[C@H](O)[C@@H](C)[C@@H](O)[C@@H](C)[C@H](OC(C)=O)[C@@H]1C. The largest absolute Gasteiger partial charge is 0.505 e. The molecule has 4 bridgehead atoms. The number of ether oxygens (including phenoxy) is 4. The van der Waals surface area contributed by atoms with Crippen LogP contribution < -0.4 is 26.1 Å². The van der Waals surface area contributed by atoms with Gasteiger partial charge in [-0.2, -0.15) is 0 Å². The Kier molecular flexibility index (Phi) is 13.2. The maximum Gasteiger partial charge on any atom is 0.307 e. The second kappa shape index (κ2) is 18.2. The highest BCUT2D eigenvalue weighted by molar-refractivity contribution is 6.18. The van der Waals surface area contributed by atoms with E-state index < -0.39 is 82.7 Å². The molecule has 1 amide bonds. The van der Waals surface area contributed by atoms with Crippen LogP contribution in [0, 0.1) is 36.5 Å². The van der Waals surface area contributed by atoms with E-state index in [4.69, 9.17) is 28.3 Å². The fraction of sp³-hybridized carbons (Fsp3) is 0.510. The molecule has 2 aromatic carbocycles. The highest BCUT2D eigenvalue weighted by Gasteiger charge is 2.44. The van der Waals surface area contributed by atoms with Crippen LogP contribution >= 0.6 is 0 Å². The third-order valence-electron chi connectivity index (χ3n) is 13.5. The van der Waals surface area contributed by atoms with Crippen molar-refractivity contribution in [1.82, 2.24) is 9.88 Å². The quantitative estimate of drug-likeness (QED) is 0.130. The summed E-state index contributed by atoms with van der Waals surface area (Å²) in [6.07, 6.45) is 11.9. The predicted octanol–water partition coefficient (Wildman–Crippen LogP) is 5.24. The fourth-order valence-corrected chi connectivity index (χ4v) is 9.60. The topological polar surface area (TPSA) is 210 Å². The number of carbonyl (C=O) groups excluding carboxylic acids is 2. The third kappa shape index (κ3) is 8.46. The van der Waals surface area contributed by atoms with Crippen molar-refractivity contribution in [2.24, 2.45) is 29.6 Å². The van der Waals surface area contributed by atoms with Crippen molar-refractivity contribution in [3.8, 4) is 11.5 Å². The average molecular weight is 884 g/mol. The monoisotopic (exact) mass is 883 g/mol. The van der Waals surface area contributed by atoms with Gasteiger partial charge in [-0.15, -0.1) is 0 Å². The van der Waals surface area contributed by atoms with Crippen molar-refractivity contribution in [3.63, 3.8) is 0 Å². The highest BCUT2D eigenvalue weighted by Crippen LogP contribution is 2.42. The number of aromatic hydroxyl groups is 1. The minimum Gasteiger partial charge on any atom is -0.505 e. The number of phenols is 1. The van der Waals surface area contributed by atoms with E-state index in [0.29, 0.717) is 17.0 Å². The molecule has 1 aliphatic carbocycles. The Morgan fingerprint density at radius 2 is 1.73 bits per heavy atom. The van der Waals surface area contributed by atoms with E-state index in [2.05, 4.69) is 17.1 Å². The first-order valence-corrected chi connectivity index (χ1v) is 22.1. The first-order valence-electron chi connectivity index (χ1n) is 22.1. The lowest BCUT2D eigenvalue weighted by Crippen LogP contribution is -2.46. The van der Waals surface area contributed by atoms with Crippen LogP contribution in [-0.2, 0) is 23.8 Å². The van der Waals surface area contributed by atoms with Crippen LogP contribution in [0.15, 0.2) is 51.4 Å². The number of amides is 1. The van der Waals surface area contributed by atoms with Crippen molar-refractivity contribution in [2.45, 2.75) is 111 Å². The first-order chi connectivity index (χ1) is 30.3. The molecule has 15 heteroatoms. The number of aliphatic hydroxyl groups excluding tert-OH is 3. The molecule has 1 aromatic heterocycles. The van der Waals surface area contributed by atoms with Gasteiger partial charge in [0.1, 0.15) is 28.8 Å². The number of esters is 1. The number of aliphatic hydroxyl groups is 3. The zero-order valence-corrected chi connectivity index (χ0v) is 38.2. The van der Waals surface area contributed by atoms with E-state index in [0.717, 1.165) is 25.9 Å². The first kappa shape index (κ1) is 46.5. The number of piperidine rings is 1. The molecule has 7 rings (SSSR count). The molecule has 344 valence electrons. The Morgan fingerprint density at radius 1 is 1.00 bits per heavy atom. The Hall–Kier alpha value is -5.48. The van der Waals surface area contributed by atoms with E-state index in [1.165, 1.54) is 34.1 Å². The molecule has 11 atom stereocenters. The number of phenolic OH excluding ortho intramolecular Hbond substituents is 1. The van der Waals surface area contributed by atoms with Crippen LogP contribution in [0.5, 0.6) is 11.5 Å². The van der Waals surface area contributed by atoms with Crippen LogP contribution in [0.3, 0.4) is 0 Å². The molecule has 1 saturated heterocycles. The second-order valence-electron chi connectivity index (χ2n) is 18.3. The molecule has 64 heavy (non-hydrogen) atoms. The summed E-state index contributed by atoms with van der Waals surface area (Å²) in [5, 5.41) is 50.0. The lowest BCUT2D eigenvalue weighted by Gasteiger charge is -2.38. The summed E-state index contributed by atoms with van der Waals surface area (Å²) in [5.41, 5.74) is 0.291. The standard InChI is InChI=1S/C49H61N3O12/c1-23-13-12-19-52(22-23)31-16-17-32-34(21-31)63-46-38(50-32)35-36-42(56)29(7)45-37(35)47(58)49(9,64-45)61-20-18-33(60-10)26(4)44(62-30(8)53)28(6)41(55)27(5)40(54)24(2)14-11-15-25(3)48(59)51-39(46)43(36)57/h11,14-18,20-21,23-24,26-28,31,33,40-41,44,54-55,57-58H,12-13,19,22H2,1-10H3,(H,51,59)/b14-11+,20-18+,25-15-/t23?,24-,26+,27+,28+,31?,33-,40-,41+,44+,49-/m0/s1. The van der Waals surface area contributed by atoms with Gasteiger partial charge in [-0.05, 0) is 57.4 Å². The van der Waals surface area contributed by atoms with Gasteiger partial charge in [0.2, 0.25) is 0 Å². The number of carbonyl (C=O) groups is 2. The summed E-state index contributed by atoms with van der Waals surface area (Å²) in [7, 11) is 1.47. The minimum absolute atomic E-state index is 0.000287. The lowest BCUT2D eigenvalue weighted by molar-refractivity contribution is -0.160. The number of methoxy groups -OCH3 is 1. The number of nitrogens with one attached hydrogen (secondary N) is 1. The number of fused-ring (bicyclic) bond motifs is 2. The number of aromatic nitrogens is 1. The number of likely N-dealkylation sites (tertiary alicyclic amines) is 1. The zero-order chi connectivity index (χ0) is 46.5. The van der Waals surface area contributed by atoms with Crippen LogP contribution in [0.1, 0.15) is 79.5 Å². The summed E-state index contributed by atoms with van der Waals surface area (Å²) in [4.78, 5) is 48.2. The number of hydrogen-bond donors (Lipinski definition) is 5. The summed E-state index contributed by atoms with van der Waals surface area (Å²) < 4.78 is 30.7. The number of hydrogen-bond acceptors (Lipinski definition) is 14. The van der Waals surface area contributed by atoms with Gasteiger partial charge >= 0.3 is 11.8 Å². The second-order valence-corrected chi connectivity index (χ2v) is 18.3. The molecule has 1 fully saturated rings. The molecule has 0 spiro atoms. The fourth-order valence-electron chi connectivity index (χ4n) is 9.60. The van der Waals surface area contributed by atoms with E-state index in [1.54, 1.807) is 58.9 Å². The van der Waals surface area contributed by atoms with Gasteiger partial charge < -0.3 is 49.1 Å². The van der Waals surface area contributed by atoms with E-state index in [9.17, 15) is 34.8 Å². The molecule has 15 nitrogen and oxygen atoms in total. The number of allylic oxidation sites excluding steroid dienone is 2. The molecule has 4 aliphatic rings. The van der Waals surface area contributed by atoms with Crippen molar-refractivity contribution in [2.75, 3.05) is 25.5 Å². The van der Waals surface area contributed by atoms with Crippen LogP contribution in [0.2, 0.25) is 0 Å². The number of nitrogens with zero attached hydrogens (tertiary/aromatic N) is 2. The van der Waals surface area contributed by atoms with Crippen molar-refractivity contribution < 1.29 is 53.4 Å². The number of benzene rings is 2. The number of anilines is 1. The maximum atomic E-state index is 14.4. The van der Waals surface area contributed by atoms with Gasteiger partial charge in [0.15, 0.2) is 27.9 Å². The van der Waals surface area contributed by atoms with E-state index in [-0.39, 0.29) is 55.7 Å². The molecular weight excluding hydrogens is 823 g/mol. The minimum atomic E-state index is -1.91. The van der Waals surface area contributed by atoms with Gasteiger partial charge in [0.05, 0.1) is 41.2 Å². The molecule has 5 N–H and O–H groups in total. The van der Waals surface area contributed by atoms with Gasteiger partial charge in [-0.3, -0.25) is 19.3 Å². The maximum absolute atomic E-state index is 14.4. The smallest absolute Gasteiger partial charge is 0.307 e. The van der Waals surface area contributed by atoms with Gasteiger partial charge in [-0.25, -0.2) is 4.98 Å². The van der Waals surface area contributed by atoms with Crippen molar-refractivity contribution in [1.29, 1.82) is 0 Å².